The molecule has 0 aliphatic carbocycles. The smallest absolute Gasteiger partial charge is 0.325 e. The lowest BCUT2D eigenvalue weighted by atomic mass is 9.83. The SMILES string of the molecule is COc1ccc([N+](=O)[O-])cc1NC(=O)CN1C(=O)NC(Cc2ccccc2)(c2ccccc2)C1=O. The fraction of sp³-hybridized carbons (Fsp3) is 0.160. The van der Waals surface area contributed by atoms with E-state index in [4.69, 9.17) is 4.74 Å². The first kappa shape index (κ1) is 23.4. The van der Waals surface area contributed by atoms with Gasteiger partial charge in [0.05, 0.1) is 17.7 Å². The molecular weight excluding hydrogens is 452 g/mol. The standard InChI is InChI=1S/C25H22N4O6/c1-35-21-13-12-19(29(33)34)14-20(21)26-22(30)16-28-23(31)25(27-24(28)32,18-10-6-3-7-11-18)15-17-8-4-2-5-9-17/h2-14H,15-16H2,1H3,(H,26,30)(H,27,32). The number of imide groups is 1. The third-order valence-corrected chi connectivity index (χ3v) is 5.72. The van der Waals surface area contributed by atoms with Crippen LogP contribution in [-0.4, -0.2) is 41.3 Å². The van der Waals surface area contributed by atoms with Crippen LogP contribution >= 0.6 is 0 Å². The molecule has 1 aliphatic rings. The number of benzene rings is 3. The number of carbonyl (C=O) groups excluding carboxylic acids is 3. The summed E-state index contributed by atoms with van der Waals surface area (Å²) >= 11 is 0. The van der Waals surface area contributed by atoms with Crippen molar-refractivity contribution in [3.05, 3.63) is 100 Å². The number of urea groups is 1. The predicted octanol–water partition coefficient (Wildman–Crippen LogP) is 3.23. The van der Waals surface area contributed by atoms with Crippen molar-refractivity contribution in [2.24, 2.45) is 0 Å². The summed E-state index contributed by atoms with van der Waals surface area (Å²) in [5, 5.41) is 16.4. The summed E-state index contributed by atoms with van der Waals surface area (Å²) in [6, 6.07) is 21.1. The van der Waals surface area contributed by atoms with Crippen LogP contribution in [0.1, 0.15) is 11.1 Å². The number of ether oxygens (including phenoxy) is 1. The molecule has 1 fully saturated rings. The average Bonchev–Trinajstić information content (AvgIpc) is 3.10. The Morgan fingerprint density at radius 1 is 1.06 bits per heavy atom. The van der Waals surface area contributed by atoms with Crippen LogP contribution in [-0.2, 0) is 21.5 Å². The van der Waals surface area contributed by atoms with Crippen LogP contribution in [0.25, 0.3) is 0 Å². The van der Waals surface area contributed by atoms with Crippen molar-refractivity contribution in [1.82, 2.24) is 10.2 Å². The predicted molar refractivity (Wildman–Crippen MR) is 127 cm³/mol. The van der Waals surface area contributed by atoms with Crippen LogP contribution in [0.5, 0.6) is 5.75 Å². The number of hydrogen-bond donors (Lipinski definition) is 2. The highest BCUT2D eigenvalue weighted by Crippen LogP contribution is 2.33. The second kappa shape index (κ2) is 9.64. The zero-order chi connectivity index (χ0) is 25.0. The van der Waals surface area contributed by atoms with Crippen molar-refractivity contribution in [2.75, 3.05) is 19.0 Å². The molecule has 0 aromatic heterocycles. The highest BCUT2D eigenvalue weighted by molar-refractivity contribution is 6.10. The molecular formula is C25H22N4O6. The number of nitrogens with one attached hydrogen (secondary N) is 2. The number of anilines is 1. The lowest BCUT2D eigenvalue weighted by molar-refractivity contribution is -0.384. The molecule has 178 valence electrons. The molecule has 0 bridgehead atoms. The van der Waals surface area contributed by atoms with E-state index in [0.29, 0.717) is 5.56 Å². The maximum absolute atomic E-state index is 13.6. The molecule has 3 aromatic carbocycles. The van der Waals surface area contributed by atoms with Gasteiger partial charge in [0.15, 0.2) is 5.54 Å². The van der Waals surface area contributed by atoms with E-state index in [1.165, 1.54) is 19.2 Å². The number of nitro groups is 1. The number of methoxy groups -OCH3 is 1. The van der Waals surface area contributed by atoms with E-state index < -0.39 is 34.9 Å². The van der Waals surface area contributed by atoms with Crippen LogP contribution in [0, 0.1) is 10.1 Å². The van der Waals surface area contributed by atoms with Crippen LogP contribution in [0.2, 0.25) is 0 Å². The summed E-state index contributed by atoms with van der Waals surface area (Å²) in [4.78, 5) is 50.7. The van der Waals surface area contributed by atoms with Crippen molar-refractivity contribution in [2.45, 2.75) is 12.0 Å². The second-order valence-electron chi connectivity index (χ2n) is 7.95. The molecule has 0 saturated carbocycles. The van der Waals surface area contributed by atoms with Gasteiger partial charge in [-0.1, -0.05) is 60.7 Å². The highest BCUT2D eigenvalue weighted by atomic mass is 16.6. The Bertz CT molecular complexity index is 1280. The van der Waals surface area contributed by atoms with E-state index in [0.717, 1.165) is 16.5 Å². The van der Waals surface area contributed by atoms with Crippen molar-refractivity contribution in [3.63, 3.8) is 0 Å². The lowest BCUT2D eigenvalue weighted by Gasteiger charge is -2.27. The zero-order valence-electron chi connectivity index (χ0n) is 18.8. The van der Waals surface area contributed by atoms with Gasteiger partial charge in [0, 0.05) is 18.6 Å². The highest BCUT2D eigenvalue weighted by Gasteiger charge is 2.52. The van der Waals surface area contributed by atoms with E-state index in [2.05, 4.69) is 10.6 Å². The molecule has 0 spiro atoms. The minimum atomic E-state index is -1.39. The van der Waals surface area contributed by atoms with Crippen molar-refractivity contribution in [3.8, 4) is 5.75 Å². The fourth-order valence-electron chi connectivity index (χ4n) is 4.05. The second-order valence-corrected chi connectivity index (χ2v) is 7.95. The summed E-state index contributed by atoms with van der Waals surface area (Å²) in [5.74, 6) is -1.08. The first-order chi connectivity index (χ1) is 16.8. The number of non-ortho nitro benzene ring substituents is 1. The number of rotatable bonds is 8. The van der Waals surface area contributed by atoms with Crippen molar-refractivity contribution >= 4 is 29.2 Å². The van der Waals surface area contributed by atoms with Gasteiger partial charge in [0.25, 0.3) is 11.6 Å². The maximum atomic E-state index is 13.6. The molecule has 10 heteroatoms. The Kier molecular flexibility index (Phi) is 6.45. The summed E-state index contributed by atoms with van der Waals surface area (Å²) in [7, 11) is 1.35. The fourth-order valence-corrected chi connectivity index (χ4v) is 4.05. The van der Waals surface area contributed by atoms with E-state index in [1.54, 1.807) is 30.3 Å². The number of carbonyl (C=O) groups is 3. The molecule has 1 unspecified atom stereocenters. The van der Waals surface area contributed by atoms with Crippen LogP contribution in [0.3, 0.4) is 0 Å². The molecule has 1 heterocycles. The van der Waals surface area contributed by atoms with Crippen molar-refractivity contribution in [1.29, 1.82) is 0 Å². The molecule has 2 N–H and O–H groups in total. The molecule has 1 aliphatic heterocycles. The topological polar surface area (TPSA) is 131 Å². The van der Waals surface area contributed by atoms with E-state index in [1.807, 2.05) is 30.3 Å². The van der Waals surface area contributed by atoms with Gasteiger partial charge < -0.3 is 15.4 Å². The van der Waals surface area contributed by atoms with Crippen molar-refractivity contribution < 1.29 is 24.0 Å². The summed E-state index contributed by atoms with van der Waals surface area (Å²) in [6.07, 6.45) is 0.194. The van der Waals surface area contributed by atoms with Gasteiger partial charge in [0.1, 0.15) is 12.3 Å². The largest absolute Gasteiger partial charge is 0.495 e. The Balaban J connectivity index is 1.60. The Hall–Kier alpha value is -4.73. The number of nitro benzene ring substituents is 1. The summed E-state index contributed by atoms with van der Waals surface area (Å²) < 4.78 is 5.15. The minimum absolute atomic E-state index is 0.0531. The lowest BCUT2D eigenvalue weighted by Crippen LogP contribution is -2.46. The molecule has 4 amide bonds. The molecule has 3 aromatic rings. The Morgan fingerprint density at radius 2 is 1.71 bits per heavy atom. The normalized spacial score (nSPS) is 17.1. The van der Waals surface area contributed by atoms with Gasteiger partial charge in [-0.05, 0) is 17.2 Å². The summed E-state index contributed by atoms with van der Waals surface area (Å²) in [5.41, 5.74) is -0.161. The quantitative estimate of drug-likeness (QED) is 0.293. The van der Waals surface area contributed by atoms with E-state index in [9.17, 15) is 24.5 Å². The molecule has 35 heavy (non-hydrogen) atoms. The van der Waals surface area contributed by atoms with E-state index >= 15 is 0 Å². The first-order valence-corrected chi connectivity index (χ1v) is 10.7. The number of nitrogens with zero attached hydrogens (tertiary/aromatic N) is 2. The molecule has 0 radical (unpaired) electrons. The molecule has 10 nitrogen and oxygen atoms in total. The Labute approximate surface area is 200 Å². The van der Waals surface area contributed by atoms with Gasteiger partial charge in [-0.3, -0.25) is 24.6 Å². The third kappa shape index (κ3) is 4.67. The Morgan fingerprint density at radius 3 is 2.34 bits per heavy atom. The average molecular weight is 474 g/mol. The van der Waals surface area contributed by atoms with Gasteiger partial charge in [-0.2, -0.15) is 0 Å². The minimum Gasteiger partial charge on any atom is -0.495 e. The number of hydrogen-bond acceptors (Lipinski definition) is 6. The first-order valence-electron chi connectivity index (χ1n) is 10.7. The van der Waals surface area contributed by atoms with Crippen LogP contribution in [0.4, 0.5) is 16.2 Å². The monoisotopic (exact) mass is 474 g/mol. The van der Waals surface area contributed by atoms with Gasteiger partial charge in [-0.25, -0.2) is 4.79 Å². The maximum Gasteiger partial charge on any atom is 0.325 e. The zero-order valence-corrected chi connectivity index (χ0v) is 18.8. The van der Waals surface area contributed by atoms with Gasteiger partial charge in [0.2, 0.25) is 5.91 Å². The molecule has 1 atom stereocenters. The molecule has 4 rings (SSSR count). The van der Waals surface area contributed by atoms with Gasteiger partial charge >= 0.3 is 6.03 Å². The summed E-state index contributed by atoms with van der Waals surface area (Å²) in [6.45, 7) is -0.583. The molecule has 1 saturated heterocycles. The van der Waals surface area contributed by atoms with E-state index in [-0.39, 0.29) is 23.5 Å². The van der Waals surface area contributed by atoms with Crippen LogP contribution < -0.4 is 15.4 Å². The van der Waals surface area contributed by atoms with Gasteiger partial charge in [-0.15, -0.1) is 0 Å². The third-order valence-electron chi connectivity index (χ3n) is 5.72. The van der Waals surface area contributed by atoms with Crippen LogP contribution in [0.15, 0.2) is 78.9 Å². The number of amides is 4.